The van der Waals surface area contributed by atoms with Crippen LogP contribution in [0.4, 0.5) is 5.13 Å². The molecule has 0 atom stereocenters. The number of pyridine rings is 2. The van der Waals surface area contributed by atoms with Gasteiger partial charge >= 0.3 is 0 Å². The van der Waals surface area contributed by atoms with Crippen LogP contribution in [0.15, 0.2) is 24.5 Å². The number of ether oxygens (including phenoxy) is 1. The fraction of sp³-hybridized carbons (Fsp3) is 0.391. The maximum atomic E-state index is 13.2. The smallest absolute Gasteiger partial charge is 0.284 e. The van der Waals surface area contributed by atoms with E-state index in [0.29, 0.717) is 35.4 Å². The van der Waals surface area contributed by atoms with Crippen molar-refractivity contribution in [1.29, 1.82) is 0 Å². The van der Waals surface area contributed by atoms with Crippen molar-refractivity contribution < 1.29 is 19.4 Å². The summed E-state index contributed by atoms with van der Waals surface area (Å²) >= 11 is 7.10. The Morgan fingerprint density at radius 1 is 1.14 bits per heavy atom. The van der Waals surface area contributed by atoms with Crippen molar-refractivity contribution in [2.24, 2.45) is 0 Å². The molecule has 4 rings (SSSR count). The number of anilines is 1. The number of amides is 2. The maximum Gasteiger partial charge on any atom is 0.284 e. The number of nitrogens with one attached hydrogen (secondary N) is 1. The standard InChI is InChI=1S/C23H25ClN6O4S/c1-12-8-15(16-9-19(24)26-11-18(16)34-3)17(10-25-12)20(32)27-23-29-28-21(35-23)22(33)30(2)13-4-6-14(31)7-5-13/h8-11,13-14,31H,4-7H2,1-3H3,(H,27,29,32). The number of aliphatic hydroxyl groups excluding tert-OH is 1. The first-order valence-electron chi connectivity index (χ1n) is 11.0. The van der Waals surface area contributed by atoms with E-state index in [1.165, 1.54) is 19.5 Å². The quantitative estimate of drug-likeness (QED) is 0.475. The molecule has 0 spiro atoms. The topological polar surface area (TPSA) is 130 Å². The van der Waals surface area contributed by atoms with Gasteiger partial charge in [0.1, 0.15) is 10.9 Å². The van der Waals surface area contributed by atoms with E-state index >= 15 is 0 Å². The molecule has 3 aromatic heterocycles. The second-order valence-corrected chi connectivity index (χ2v) is 9.69. The van der Waals surface area contributed by atoms with E-state index in [1.54, 1.807) is 24.1 Å². The van der Waals surface area contributed by atoms with Gasteiger partial charge in [-0.15, -0.1) is 10.2 Å². The van der Waals surface area contributed by atoms with E-state index in [2.05, 4.69) is 25.5 Å². The maximum absolute atomic E-state index is 13.2. The number of nitrogens with zero attached hydrogens (tertiary/aromatic N) is 5. The van der Waals surface area contributed by atoms with Gasteiger partial charge in [-0.3, -0.25) is 19.9 Å². The molecule has 0 saturated heterocycles. The first kappa shape index (κ1) is 25.0. The molecule has 1 aliphatic rings. The van der Waals surface area contributed by atoms with Gasteiger partial charge in [0.25, 0.3) is 11.8 Å². The van der Waals surface area contributed by atoms with E-state index in [4.69, 9.17) is 16.3 Å². The number of hydrogen-bond acceptors (Lipinski definition) is 9. The second kappa shape index (κ2) is 10.6. The third-order valence-corrected chi connectivity index (χ3v) is 7.03. The van der Waals surface area contributed by atoms with E-state index in [-0.39, 0.29) is 38.9 Å². The summed E-state index contributed by atoms with van der Waals surface area (Å²) < 4.78 is 5.41. The number of carbonyl (C=O) groups is 2. The highest BCUT2D eigenvalue weighted by molar-refractivity contribution is 7.17. The van der Waals surface area contributed by atoms with Gasteiger partial charge < -0.3 is 14.7 Å². The van der Waals surface area contributed by atoms with Crippen LogP contribution in [0.3, 0.4) is 0 Å². The van der Waals surface area contributed by atoms with Crippen molar-refractivity contribution in [2.45, 2.75) is 44.8 Å². The SMILES string of the molecule is COc1cnc(Cl)cc1-c1cc(C)ncc1C(=O)Nc1nnc(C(=O)N(C)C2CCC(O)CC2)s1. The zero-order chi connectivity index (χ0) is 25.1. The van der Waals surface area contributed by atoms with Crippen molar-refractivity contribution in [1.82, 2.24) is 25.1 Å². The molecule has 184 valence electrons. The molecule has 0 radical (unpaired) electrons. The minimum atomic E-state index is -0.466. The van der Waals surface area contributed by atoms with Crippen LogP contribution in [0.25, 0.3) is 11.1 Å². The number of aryl methyl sites for hydroxylation is 1. The highest BCUT2D eigenvalue weighted by Gasteiger charge is 2.28. The Kier molecular flexibility index (Phi) is 7.58. The van der Waals surface area contributed by atoms with Crippen molar-refractivity contribution >= 4 is 39.9 Å². The van der Waals surface area contributed by atoms with E-state index in [1.807, 2.05) is 6.92 Å². The molecule has 0 aromatic carbocycles. The third-order valence-electron chi connectivity index (χ3n) is 5.99. The molecular weight excluding hydrogens is 492 g/mol. The normalized spacial score (nSPS) is 17.6. The van der Waals surface area contributed by atoms with Crippen LogP contribution in [-0.2, 0) is 0 Å². The number of carbonyl (C=O) groups excluding carboxylic acids is 2. The number of aliphatic hydroxyl groups is 1. The van der Waals surface area contributed by atoms with Gasteiger partial charge in [-0.25, -0.2) is 4.98 Å². The molecule has 3 heterocycles. The summed E-state index contributed by atoms with van der Waals surface area (Å²) in [5.74, 6) is -0.276. The molecule has 2 amide bonds. The molecule has 3 aromatic rings. The van der Waals surface area contributed by atoms with Crippen LogP contribution in [0.5, 0.6) is 5.75 Å². The predicted molar refractivity (Wildman–Crippen MR) is 132 cm³/mol. The first-order valence-corrected chi connectivity index (χ1v) is 12.2. The van der Waals surface area contributed by atoms with Gasteiger partial charge in [0.2, 0.25) is 10.1 Å². The van der Waals surface area contributed by atoms with Gasteiger partial charge in [-0.1, -0.05) is 22.9 Å². The van der Waals surface area contributed by atoms with E-state index in [9.17, 15) is 14.7 Å². The molecule has 1 fully saturated rings. The summed E-state index contributed by atoms with van der Waals surface area (Å²) in [6.07, 6.45) is 5.45. The van der Waals surface area contributed by atoms with Crippen LogP contribution < -0.4 is 10.1 Å². The van der Waals surface area contributed by atoms with Gasteiger partial charge in [0.05, 0.1) is 25.0 Å². The summed E-state index contributed by atoms with van der Waals surface area (Å²) in [4.78, 5) is 36.0. The third kappa shape index (κ3) is 5.58. The Bertz CT molecular complexity index is 1240. The monoisotopic (exact) mass is 516 g/mol. The highest BCUT2D eigenvalue weighted by Crippen LogP contribution is 2.34. The summed E-state index contributed by atoms with van der Waals surface area (Å²) in [6, 6.07) is 3.42. The van der Waals surface area contributed by atoms with Crippen LogP contribution in [0.1, 0.15) is 51.5 Å². The zero-order valence-electron chi connectivity index (χ0n) is 19.5. The molecule has 0 aliphatic heterocycles. The summed E-state index contributed by atoms with van der Waals surface area (Å²) in [5, 5.41) is 21.0. The number of halogens is 1. The van der Waals surface area contributed by atoms with Gasteiger partial charge in [-0.2, -0.15) is 0 Å². The molecule has 1 aliphatic carbocycles. The summed E-state index contributed by atoms with van der Waals surface area (Å²) in [5.41, 5.74) is 2.14. The molecule has 0 bridgehead atoms. The van der Waals surface area contributed by atoms with Gasteiger partial charge in [0.15, 0.2) is 0 Å². The van der Waals surface area contributed by atoms with Crippen LogP contribution in [0.2, 0.25) is 5.15 Å². The number of methoxy groups -OCH3 is 1. The minimum absolute atomic E-state index is 0.0381. The van der Waals surface area contributed by atoms with Gasteiger partial charge in [0, 0.05) is 36.1 Å². The molecule has 10 nitrogen and oxygen atoms in total. The molecule has 35 heavy (non-hydrogen) atoms. The predicted octanol–water partition coefficient (Wildman–Crippen LogP) is 3.59. The number of rotatable bonds is 6. The lowest BCUT2D eigenvalue weighted by Crippen LogP contribution is -2.40. The molecule has 12 heteroatoms. The summed E-state index contributed by atoms with van der Waals surface area (Å²) in [6.45, 7) is 1.81. The van der Waals surface area contributed by atoms with Crippen LogP contribution in [0, 0.1) is 6.92 Å². The zero-order valence-corrected chi connectivity index (χ0v) is 21.1. The van der Waals surface area contributed by atoms with Crippen LogP contribution >= 0.6 is 22.9 Å². The Morgan fingerprint density at radius 3 is 2.60 bits per heavy atom. The lowest BCUT2D eigenvalue weighted by Gasteiger charge is -2.32. The number of aromatic nitrogens is 4. The van der Waals surface area contributed by atoms with Crippen molar-refractivity contribution in [2.75, 3.05) is 19.5 Å². The van der Waals surface area contributed by atoms with E-state index in [0.717, 1.165) is 24.2 Å². The molecule has 2 N–H and O–H groups in total. The fourth-order valence-electron chi connectivity index (χ4n) is 4.04. The van der Waals surface area contributed by atoms with Crippen molar-refractivity contribution in [3.8, 4) is 16.9 Å². The Labute approximate surface area is 211 Å². The van der Waals surface area contributed by atoms with Crippen LogP contribution in [-0.4, -0.2) is 68.3 Å². The first-order chi connectivity index (χ1) is 16.8. The molecule has 0 unspecified atom stereocenters. The number of hydrogen-bond donors (Lipinski definition) is 2. The van der Waals surface area contributed by atoms with Crippen molar-refractivity contribution in [3.05, 3.63) is 45.9 Å². The van der Waals surface area contributed by atoms with E-state index < -0.39 is 5.91 Å². The largest absolute Gasteiger partial charge is 0.494 e. The van der Waals surface area contributed by atoms with Gasteiger partial charge in [-0.05, 0) is 44.7 Å². The fourth-order valence-corrected chi connectivity index (χ4v) is 4.92. The lowest BCUT2D eigenvalue weighted by molar-refractivity contribution is 0.0568. The highest BCUT2D eigenvalue weighted by atomic mass is 35.5. The Hall–Kier alpha value is -3.15. The molecular formula is C23H25ClN6O4S. The second-order valence-electron chi connectivity index (χ2n) is 8.32. The minimum Gasteiger partial charge on any atom is -0.494 e. The molecule has 1 saturated carbocycles. The Morgan fingerprint density at radius 2 is 1.89 bits per heavy atom. The summed E-state index contributed by atoms with van der Waals surface area (Å²) in [7, 11) is 3.23. The average molecular weight is 517 g/mol. The lowest BCUT2D eigenvalue weighted by atomic mass is 9.92. The van der Waals surface area contributed by atoms with Crippen molar-refractivity contribution in [3.63, 3.8) is 0 Å². The Balaban J connectivity index is 1.54. The average Bonchev–Trinajstić information content (AvgIpc) is 3.31.